The molecule has 7 rings (SSSR count). The summed E-state index contributed by atoms with van der Waals surface area (Å²) in [7, 11) is -1.31. The molecule has 44 heavy (non-hydrogen) atoms. The highest BCUT2D eigenvalue weighted by molar-refractivity contribution is 6.53. The summed E-state index contributed by atoms with van der Waals surface area (Å²) in [5.41, 5.74) is 4.15. The molecule has 4 aromatic rings. The normalized spacial score (nSPS) is 22.9. The number of phenols is 1. The Morgan fingerprint density at radius 1 is 0.818 bits per heavy atom. The number of hydrogen-bond acceptors (Lipinski definition) is 7. The predicted octanol–water partition coefficient (Wildman–Crippen LogP) is 5.82. The Bertz CT molecular complexity index is 1710. The number of amides is 2. The average Bonchev–Trinajstić information content (AvgIpc) is 3.30. The standard InChI is InChI=1S/C35H31BN2O6/c39-30-14-8-7-13-27(30)31-20-28-32-29(19-22(33(28)36(42)44-31)21-43-26-11-5-2-6-12-26)34(40)38(35(32)41)25-17-15-24(16-18-25)37-23-9-3-1-4-10-23/h1-18,28-29,31-32,37,39,42H,19-21H2/t28-,29-,31-,32+/m0/s1. The minimum absolute atomic E-state index is 0.0526. The van der Waals surface area contributed by atoms with Gasteiger partial charge >= 0.3 is 7.12 Å². The van der Waals surface area contributed by atoms with E-state index in [1.54, 1.807) is 36.4 Å². The summed E-state index contributed by atoms with van der Waals surface area (Å²) in [5, 5.41) is 25.3. The molecule has 1 aliphatic carbocycles. The van der Waals surface area contributed by atoms with Crippen LogP contribution in [-0.2, 0) is 14.2 Å². The Labute approximate surface area is 255 Å². The first-order valence-corrected chi connectivity index (χ1v) is 14.8. The van der Waals surface area contributed by atoms with E-state index in [1.807, 2.05) is 72.8 Å². The molecular weight excluding hydrogens is 555 g/mol. The number of para-hydroxylation sites is 3. The van der Waals surface area contributed by atoms with Crippen LogP contribution >= 0.6 is 0 Å². The first-order chi connectivity index (χ1) is 21.5. The molecule has 2 aliphatic heterocycles. The molecule has 2 fully saturated rings. The third kappa shape index (κ3) is 5.14. The average molecular weight is 586 g/mol. The Hall–Kier alpha value is -4.86. The molecule has 4 aromatic carbocycles. The molecule has 220 valence electrons. The lowest BCUT2D eigenvalue weighted by atomic mass is 9.55. The molecule has 8 nitrogen and oxygen atoms in total. The van der Waals surface area contributed by atoms with Crippen LogP contribution in [0.25, 0.3) is 0 Å². The molecule has 0 radical (unpaired) electrons. The number of nitrogens with one attached hydrogen (secondary N) is 1. The zero-order chi connectivity index (χ0) is 30.2. The second kappa shape index (κ2) is 11.7. The van der Waals surface area contributed by atoms with Crippen molar-refractivity contribution >= 4 is 36.0 Å². The van der Waals surface area contributed by atoms with Crippen LogP contribution in [0.4, 0.5) is 17.1 Å². The predicted molar refractivity (Wildman–Crippen MR) is 167 cm³/mol. The van der Waals surface area contributed by atoms with Gasteiger partial charge in [-0.05, 0) is 84.4 Å². The van der Waals surface area contributed by atoms with Crippen molar-refractivity contribution < 1.29 is 29.1 Å². The first kappa shape index (κ1) is 27.9. The lowest BCUT2D eigenvalue weighted by molar-refractivity contribution is -0.123. The fourth-order valence-corrected chi connectivity index (χ4v) is 6.83. The van der Waals surface area contributed by atoms with Crippen LogP contribution in [0.1, 0.15) is 24.5 Å². The number of carbonyl (C=O) groups excluding carboxylic acids is 2. The van der Waals surface area contributed by atoms with Crippen LogP contribution in [-0.4, -0.2) is 35.7 Å². The minimum atomic E-state index is -1.31. The molecule has 2 heterocycles. The van der Waals surface area contributed by atoms with E-state index in [0.717, 1.165) is 16.9 Å². The number of anilines is 3. The van der Waals surface area contributed by atoms with Crippen LogP contribution in [0, 0.1) is 17.8 Å². The summed E-state index contributed by atoms with van der Waals surface area (Å²) in [6.07, 6.45) is -0.0535. The number of benzene rings is 4. The van der Waals surface area contributed by atoms with Crippen molar-refractivity contribution in [3.8, 4) is 11.5 Å². The molecule has 3 N–H and O–H groups in total. The van der Waals surface area contributed by atoms with Crippen LogP contribution in [0.5, 0.6) is 11.5 Å². The SMILES string of the molecule is O=C1[C@H]2[C@H](CC(COc3ccccc3)=C3B(O)O[C@H](c4ccccc4O)C[C@H]32)C(=O)N1c1ccc(Nc2ccccc2)cc1. The van der Waals surface area contributed by atoms with E-state index in [4.69, 9.17) is 9.39 Å². The van der Waals surface area contributed by atoms with Gasteiger partial charge in [0.15, 0.2) is 0 Å². The van der Waals surface area contributed by atoms with Crippen LogP contribution in [0.15, 0.2) is 120 Å². The molecule has 9 heteroatoms. The number of ether oxygens (including phenoxy) is 1. The van der Waals surface area contributed by atoms with Gasteiger partial charge in [0.1, 0.15) is 18.1 Å². The Kier molecular flexibility index (Phi) is 7.41. The molecule has 0 spiro atoms. The number of aromatic hydroxyl groups is 1. The van der Waals surface area contributed by atoms with Crippen LogP contribution in [0.2, 0.25) is 0 Å². The zero-order valence-corrected chi connectivity index (χ0v) is 23.9. The zero-order valence-electron chi connectivity index (χ0n) is 23.9. The second-order valence-corrected chi connectivity index (χ2v) is 11.4. The molecule has 3 aliphatic rings. The van der Waals surface area contributed by atoms with Gasteiger partial charge in [-0.25, -0.2) is 0 Å². The van der Waals surface area contributed by atoms with E-state index in [0.29, 0.717) is 28.9 Å². The van der Waals surface area contributed by atoms with E-state index in [-0.39, 0.29) is 30.6 Å². The molecular formula is C35H31BN2O6. The van der Waals surface area contributed by atoms with Crippen molar-refractivity contribution in [2.45, 2.75) is 18.9 Å². The van der Waals surface area contributed by atoms with Crippen molar-refractivity contribution in [3.63, 3.8) is 0 Å². The molecule has 0 bridgehead atoms. The Morgan fingerprint density at radius 2 is 1.48 bits per heavy atom. The lowest BCUT2D eigenvalue weighted by Gasteiger charge is -2.42. The van der Waals surface area contributed by atoms with Crippen molar-refractivity contribution in [1.29, 1.82) is 0 Å². The van der Waals surface area contributed by atoms with E-state index >= 15 is 0 Å². The number of phenolic OH excluding ortho intramolecular Hbond substituents is 1. The van der Waals surface area contributed by atoms with Crippen molar-refractivity contribution in [1.82, 2.24) is 0 Å². The maximum Gasteiger partial charge on any atom is 0.487 e. The highest BCUT2D eigenvalue weighted by atomic mass is 16.5. The summed E-state index contributed by atoms with van der Waals surface area (Å²) in [6.45, 7) is 0.155. The van der Waals surface area contributed by atoms with Gasteiger partial charge in [0, 0.05) is 16.9 Å². The second-order valence-electron chi connectivity index (χ2n) is 11.4. The van der Waals surface area contributed by atoms with Crippen molar-refractivity contribution in [2.24, 2.45) is 17.8 Å². The summed E-state index contributed by atoms with van der Waals surface area (Å²) in [6, 6.07) is 33.2. The van der Waals surface area contributed by atoms with Gasteiger partial charge in [-0.1, -0.05) is 54.6 Å². The molecule has 2 amide bonds. The summed E-state index contributed by atoms with van der Waals surface area (Å²) in [5.74, 6) is -1.60. The smallest absolute Gasteiger partial charge is 0.487 e. The fraction of sp³-hybridized carbons (Fsp3) is 0.200. The highest BCUT2D eigenvalue weighted by Gasteiger charge is 2.58. The van der Waals surface area contributed by atoms with Gasteiger partial charge in [0.05, 0.1) is 23.6 Å². The van der Waals surface area contributed by atoms with Gasteiger partial charge in [0.2, 0.25) is 11.8 Å². The molecule has 4 atom stereocenters. The van der Waals surface area contributed by atoms with E-state index in [9.17, 15) is 19.7 Å². The monoisotopic (exact) mass is 586 g/mol. The van der Waals surface area contributed by atoms with Gasteiger partial charge in [-0.15, -0.1) is 0 Å². The minimum Gasteiger partial charge on any atom is -0.508 e. The van der Waals surface area contributed by atoms with E-state index in [1.165, 1.54) is 4.90 Å². The lowest BCUT2D eigenvalue weighted by Crippen LogP contribution is -2.45. The summed E-state index contributed by atoms with van der Waals surface area (Å²) >= 11 is 0. The van der Waals surface area contributed by atoms with Crippen molar-refractivity contribution in [2.75, 3.05) is 16.8 Å². The maximum absolute atomic E-state index is 14.1. The van der Waals surface area contributed by atoms with Gasteiger partial charge < -0.3 is 24.8 Å². The number of fused-ring (bicyclic) bond motifs is 3. The number of nitrogens with zero attached hydrogens (tertiary/aromatic N) is 1. The molecule has 0 saturated carbocycles. The highest BCUT2D eigenvalue weighted by Crippen LogP contribution is 2.52. The number of hydrogen-bond donors (Lipinski definition) is 3. The van der Waals surface area contributed by atoms with E-state index < -0.39 is 31.0 Å². The molecule has 0 aromatic heterocycles. The number of allylic oxidation sites excluding steroid dienone is 1. The fourth-order valence-electron chi connectivity index (χ4n) is 6.83. The topological polar surface area (TPSA) is 108 Å². The largest absolute Gasteiger partial charge is 0.508 e. The van der Waals surface area contributed by atoms with Crippen LogP contribution in [0.3, 0.4) is 0 Å². The maximum atomic E-state index is 14.1. The number of carbonyl (C=O) groups is 2. The Morgan fingerprint density at radius 3 is 2.20 bits per heavy atom. The first-order valence-electron chi connectivity index (χ1n) is 14.8. The Balaban J connectivity index is 1.20. The third-order valence-electron chi connectivity index (χ3n) is 8.84. The molecule has 2 saturated heterocycles. The summed E-state index contributed by atoms with van der Waals surface area (Å²) in [4.78, 5) is 29.4. The van der Waals surface area contributed by atoms with Crippen LogP contribution < -0.4 is 15.0 Å². The molecule has 0 unspecified atom stereocenters. The van der Waals surface area contributed by atoms with Gasteiger partial charge in [0.25, 0.3) is 0 Å². The summed E-state index contributed by atoms with van der Waals surface area (Å²) < 4.78 is 12.1. The third-order valence-corrected chi connectivity index (χ3v) is 8.84. The van der Waals surface area contributed by atoms with Gasteiger partial charge in [-0.3, -0.25) is 14.5 Å². The van der Waals surface area contributed by atoms with Gasteiger partial charge in [-0.2, -0.15) is 0 Å². The number of imide groups is 1. The van der Waals surface area contributed by atoms with Crippen molar-refractivity contribution in [3.05, 3.63) is 126 Å². The van der Waals surface area contributed by atoms with E-state index in [2.05, 4.69) is 5.32 Å². The number of rotatable bonds is 7. The quantitative estimate of drug-likeness (QED) is 0.185.